The summed E-state index contributed by atoms with van der Waals surface area (Å²) >= 11 is 1.89. The normalized spacial score (nSPS) is 11.1. The van der Waals surface area contributed by atoms with Gasteiger partial charge in [0.15, 0.2) is 0 Å². The van der Waals surface area contributed by atoms with Gasteiger partial charge in [0.2, 0.25) is 0 Å². The van der Waals surface area contributed by atoms with Crippen molar-refractivity contribution in [3.05, 3.63) is 182 Å². The van der Waals surface area contributed by atoms with E-state index in [4.69, 9.17) is 0 Å². The van der Waals surface area contributed by atoms with Gasteiger partial charge in [-0.3, -0.25) is 0 Å². The molecule has 0 radical (unpaired) electrons. The molecule has 0 aliphatic rings. The maximum absolute atomic E-state index is 2.36. The Morgan fingerprint density at radius 3 is 1.29 bits per heavy atom. The van der Waals surface area contributed by atoms with Crippen LogP contribution in [0.4, 0.5) is 0 Å². The molecule has 0 saturated heterocycles. The van der Waals surface area contributed by atoms with Crippen molar-refractivity contribution in [3.8, 4) is 66.1 Å². The fraction of sp³-hybridized carbons (Fsp3) is 0. The second-order valence-electron chi connectivity index (χ2n) is 11.3. The number of thiophene rings is 1. The molecule has 0 atom stereocenters. The Morgan fingerprint density at radius 1 is 0.289 bits per heavy atom. The number of fused-ring (bicyclic) bond motifs is 1. The molecule has 1 heterocycles. The molecule has 8 rings (SSSR count). The second kappa shape index (κ2) is 11.9. The molecule has 0 saturated carbocycles. The van der Waals surface area contributed by atoms with E-state index in [1.54, 1.807) is 0 Å². The minimum Gasteiger partial charge on any atom is -0.134 e. The monoisotopic (exact) mass is 590 g/mol. The average molecular weight is 591 g/mol. The van der Waals surface area contributed by atoms with Crippen LogP contribution in [0.1, 0.15) is 0 Å². The van der Waals surface area contributed by atoms with E-state index < -0.39 is 0 Å². The average Bonchev–Trinajstić information content (AvgIpc) is 3.53. The maximum Gasteiger partial charge on any atom is 0.0434 e. The predicted octanol–water partition coefficient (Wildman–Crippen LogP) is 12.9. The van der Waals surface area contributed by atoms with Gasteiger partial charge in [-0.1, -0.05) is 158 Å². The highest BCUT2D eigenvalue weighted by Crippen LogP contribution is 2.48. The van der Waals surface area contributed by atoms with E-state index in [0.717, 1.165) is 0 Å². The van der Waals surface area contributed by atoms with Gasteiger partial charge >= 0.3 is 0 Å². The zero-order valence-corrected chi connectivity index (χ0v) is 25.5. The summed E-state index contributed by atoms with van der Waals surface area (Å²) < 4.78 is 1.32. The lowest BCUT2D eigenvalue weighted by atomic mass is 9.91. The van der Waals surface area contributed by atoms with Crippen LogP contribution in [-0.4, -0.2) is 0 Å². The quantitative estimate of drug-likeness (QED) is 0.181. The predicted molar refractivity (Wildman–Crippen MR) is 194 cm³/mol. The molecule has 212 valence electrons. The molecule has 7 aromatic carbocycles. The Morgan fingerprint density at radius 2 is 0.711 bits per heavy atom. The summed E-state index contributed by atoms with van der Waals surface area (Å²) in [5, 5.41) is 1.30. The number of benzene rings is 7. The second-order valence-corrected chi connectivity index (χ2v) is 12.4. The molecule has 0 amide bonds. The lowest BCUT2D eigenvalue weighted by Gasteiger charge is -2.13. The van der Waals surface area contributed by atoms with Gasteiger partial charge in [-0.15, -0.1) is 11.3 Å². The van der Waals surface area contributed by atoms with Gasteiger partial charge in [0.25, 0.3) is 0 Å². The van der Waals surface area contributed by atoms with Crippen molar-refractivity contribution < 1.29 is 0 Å². The van der Waals surface area contributed by atoms with Gasteiger partial charge < -0.3 is 0 Å². The third-order valence-electron chi connectivity index (χ3n) is 8.47. The van der Waals surface area contributed by atoms with Crippen LogP contribution in [0.25, 0.3) is 76.2 Å². The van der Waals surface area contributed by atoms with Gasteiger partial charge in [0.1, 0.15) is 0 Å². The Labute approximate surface area is 268 Å². The molecule has 1 aromatic heterocycles. The zero-order valence-electron chi connectivity index (χ0n) is 24.7. The largest absolute Gasteiger partial charge is 0.134 e. The van der Waals surface area contributed by atoms with Crippen LogP contribution in [0, 0.1) is 0 Å². The van der Waals surface area contributed by atoms with Crippen molar-refractivity contribution in [2.45, 2.75) is 0 Å². The first-order valence-electron chi connectivity index (χ1n) is 15.3. The highest BCUT2D eigenvalue weighted by molar-refractivity contribution is 7.23. The topological polar surface area (TPSA) is 0 Å². The highest BCUT2D eigenvalue weighted by atomic mass is 32.1. The minimum atomic E-state index is 1.21. The molecule has 45 heavy (non-hydrogen) atoms. The number of rotatable bonds is 6. The van der Waals surface area contributed by atoms with Gasteiger partial charge in [-0.2, -0.15) is 0 Å². The van der Waals surface area contributed by atoms with E-state index in [1.807, 2.05) is 11.3 Å². The molecule has 0 aliphatic heterocycles. The Bertz CT molecular complexity index is 2170. The van der Waals surface area contributed by atoms with E-state index in [-0.39, 0.29) is 0 Å². The Hall–Kier alpha value is -5.50. The molecule has 0 nitrogen and oxygen atoms in total. The lowest BCUT2D eigenvalue weighted by Crippen LogP contribution is -1.87. The molecular formula is C44H30S. The van der Waals surface area contributed by atoms with Crippen molar-refractivity contribution in [2.24, 2.45) is 0 Å². The fourth-order valence-electron chi connectivity index (χ4n) is 6.29. The van der Waals surface area contributed by atoms with Crippen molar-refractivity contribution in [1.29, 1.82) is 0 Å². The lowest BCUT2D eigenvalue weighted by molar-refractivity contribution is 1.56. The molecular weight excluding hydrogens is 561 g/mol. The van der Waals surface area contributed by atoms with Crippen LogP contribution in [-0.2, 0) is 0 Å². The number of hydrogen-bond donors (Lipinski definition) is 0. The summed E-state index contributed by atoms with van der Waals surface area (Å²) in [6, 6.07) is 65.7. The summed E-state index contributed by atoms with van der Waals surface area (Å²) in [5.41, 5.74) is 13.6. The van der Waals surface area contributed by atoms with Crippen LogP contribution >= 0.6 is 11.3 Å². The first-order valence-corrected chi connectivity index (χ1v) is 16.2. The standard InChI is InChI=1S/C44H30S/c1-5-15-31(16-6-1)37-28-38(32-17-7-2-8-18-32)30-39(29-37)35-23-13-24-36(27-35)40-25-14-26-41-42(33-19-9-3-10-20-33)43(45-44(40)41)34-21-11-4-12-22-34/h1-30H. The van der Waals surface area contributed by atoms with E-state index in [2.05, 4.69) is 182 Å². The van der Waals surface area contributed by atoms with Crippen molar-refractivity contribution >= 4 is 21.4 Å². The first-order chi connectivity index (χ1) is 22.3. The van der Waals surface area contributed by atoms with Crippen LogP contribution in [0.5, 0.6) is 0 Å². The molecule has 8 aromatic rings. The molecule has 0 unspecified atom stereocenters. The zero-order chi connectivity index (χ0) is 30.0. The van der Waals surface area contributed by atoms with Crippen molar-refractivity contribution in [3.63, 3.8) is 0 Å². The molecule has 0 bridgehead atoms. The maximum atomic E-state index is 2.36. The van der Waals surface area contributed by atoms with E-state index >= 15 is 0 Å². The van der Waals surface area contributed by atoms with Gasteiger partial charge in [-0.05, 0) is 79.9 Å². The fourth-order valence-corrected chi connectivity index (χ4v) is 7.65. The SMILES string of the molecule is c1ccc(-c2cc(-c3ccccc3)cc(-c3cccc(-c4cccc5c(-c6ccccc6)c(-c6ccccc6)sc45)c3)c2)cc1. The number of hydrogen-bond acceptors (Lipinski definition) is 1. The highest BCUT2D eigenvalue weighted by Gasteiger charge is 2.18. The van der Waals surface area contributed by atoms with Crippen molar-refractivity contribution in [2.75, 3.05) is 0 Å². The van der Waals surface area contributed by atoms with Crippen LogP contribution in [0.2, 0.25) is 0 Å². The van der Waals surface area contributed by atoms with E-state index in [0.29, 0.717) is 0 Å². The third-order valence-corrected chi connectivity index (χ3v) is 9.76. The van der Waals surface area contributed by atoms with Crippen LogP contribution in [0.3, 0.4) is 0 Å². The Balaban J connectivity index is 1.30. The van der Waals surface area contributed by atoms with E-state index in [9.17, 15) is 0 Å². The summed E-state index contributed by atoms with van der Waals surface area (Å²) in [6.07, 6.45) is 0. The third kappa shape index (κ3) is 5.29. The van der Waals surface area contributed by atoms with Crippen LogP contribution < -0.4 is 0 Å². The van der Waals surface area contributed by atoms with Gasteiger partial charge in [0, 0.05) is 20.5 Å². The minimum absolute atomic E-state index is 1.21. The molecule has 0 aliphatic carbocycles. The summed E-state index contributed by atoms with van der Waals surface area (Å²) in [7, 11) is 0. The summed E-state index contributed by atoms with van der Waals surface area (Å²) in [4.78, 5) is 1.31. The van der Waals surface area contributed by atoms with Gasteiger partial charge in [-0.25, -0.2) is 0 Å². The molecule has 0 fully saturated rings. The van der Waals surface area contributed by atoms with E-state index in [1.165, 1.54) is 76.2 Å². The van der Waals surface area contributed by atoms with Crippen LogP contribution in [0.15, 0.2) is 182 Å². The molecule has 0 spiro atoms. The smallest absolute Gasteiger partial charge is 0.0434 e. The first kappa shape index (κ1) is 27.1. The molecule has 0 N–H and O–H groups in total. The molecule has 1 heteroatoms. The summed E-state index contributed by atoms with van der Waals surface area (Å²) in [5.74, 6) is 0. The summed E-state index contributed by atoms with van der Waals surface area (Å²) in [6.45, 7) is 0. The van der Waals surface area contributed by atoms with Gasteiger partial charge in [0.05, 0.1) is 0 Å². The Kier molecular flexibility index (Phi) is 7.15. The van der Waals surface area contributed by atoms with Crippen molar-refractivity contribution in [1.82, 2.24) is 0 Å².